The topological polar surface area (TPSA) is 97.1 Å². The van der Waals surface area contributed by atoms with Crippen molar-refractivity contribution in [2.45, 2.75) is 18.4 Å². The molecule has 0 aliphatic carbocycles. The van der Waals surface area contributed by atoms with Crippen LogP contribution in [-0.4, -0.2) is 65.5 Å². The minimum Gasteiger partial charge on any atom is -0.497 e. The van der Waals surface area contributed by atoms with E-state index >= 15 is 0 Å². The molecule has 35 heavy (non-hydrogen) atoms. The standard InChI is InChI=1S/C24H25N5O4S2/c1-17-6-8-21(9-7-17)35(31,32)28-12-10-27(11-13-28)16-19-15-22(30)29-24(25-19)34-23(26-29)18-4-3-5-20(14-18)33-2/h3-9,14-15H,10-13,16H2,1-2H3. The van der Waals surface area contributed by atoms with Crippen molar-refractivity contribution in [2.24, 2.45) is 0 Å². The van der Waals surface area contributed by atoms with Crippen LogP contribution in [0.3, 0.4) is 0 Å². The van der Waals surface area contributed by atoms with Gasteiger partial charge in [0, 0.05) is 44.4 Å². The molecule has 4 aromatic rings. The predicted molar refractivity (Wildman–Crippen MR) is 134 cm³/mol. The van der Waals surface area contributed by atoms with E-state index in [1.807, 2.05) is 43.3 Å². The monoisotopic (exact) mass is 511 g/mol. The Morgan fingerprint density at radius 3 is 2.49 bits per heavy atom. The number of ether oxygens (including phenoxy) is 1. The van der Waals surface area contributed by atoms with Crippen LogP contribution in [-0.2, 0) is 16.6 Å². The molecule has 2 aromatic heterocycles. The maximum Gasteiger partial charge on any atom is 0.275 e. The number of methoxy groups -OCH3 is 1. The number of nitrogens with zero attached hydrogens (tertiary/aromatic N) is 5. The summed E-state index contributed by atoms with van der Waals surface area (Å²) >= 11 is 1.34. The Bertz CT molecular complexity index is 1520. The van der Waals surface area contributed by atoms with Gasteiger partial charge in [-0.15, -0.1) is 0 Å². The molecule has 11 heteroatoms. The first-order valence-corrected chi connectivity index (χ1v) is 13.4. The minimum atomic E-state index is -3.52. The van der Waals surface area contributed by atoms with Crippen LogP contribution >= 0.6 is 11.3 Å². The van der Waals surface area contributed by atoms with E-state index in [1.54, 1.807) is 19.2 Å². The molecule has 0 bridgehead atoms. The fraction of sp³-hybridized carbons (Fsp3) is 0.292. The smallest absolute Gasteiger partial charge is 0.275 e. The third-order valence-electron chi connectivity index (χ3n) is 5.99. The maximum atomic E-state index is 13.0. The molecular formula is C24H25N5O4S2. The van der Waals surface area contributed by atoms with Crippen LogP contribution in [0.15, 0.2) is 64.3 Å². The molecule has 0 saturated carbocycles. The van der Waals surface area contributed by atoms with Gasteiger partial charge in [-0.05, 0) is 31.2 Å². The average Bonchev–Trinajstić information content (AvgIpc) is 3.30. The third kappa shape index (κ3) is 4.85. The van der Waals surface area contributed by atoms with Crippen LogP contribution in [0.1, 0.15) is 11.3 Å². The van der Waals surface area contributed by atoms with Crippen molar-refractivity contribution in [3.8, 4) is 16.3 Å². The molecular weight excluding hydrogens is 486 g/mol. The maximum absolute atomic E-state index is 13.0. The van der Waals surface area contributed by atoms with Crippen LogP contribution < -0.4 is 10.3 Å². The summed E-state index contributed by atoms with van der Waals surface area (Å²) in [5.74, 6) is 0.714. The number of aromatic nitrogens is 3. The Morgan fingerprint density at radius 2 is 1.77 bits per heavy atom. The molecule has 0 N–H and O–H groups in total. The van der Waals surface area contributed by atoms with Gasteiger partial charge in [0.25, 0.3) is 5.56 Å². The van der Waals surface area contributed by atoms with Crippen molar-refractivity contribution >= 4 is 26.3 Å². The lowest BCUT2D eigenvalue weighted by Crippen LogP contribution is -2.48. The quantitative estimate of drug-likeness (QED) is 0.393. The van der Waals surface area contributed by atoms with Crippen molar-refractivity contribution in [3.05, 3.63) is 76.2 Å². The Balaban J connectivity index is 1.30. The lowest BCUT2D eigenvalue weighted by atomic mass is 10.2. The SMILES string of the molecule is COc1cccc(-c2nn3c(=O)cc(CN4CCN(S(=O)(=O)c5ccc(C)cc5)CC4)nc3s2)c1. The van der Waals surface area contributed by atoms with E-state index in [-0.39, 0.29) is 5.56 Å². The van der Waals surface area contributed by atoms with E-state index in [1.165, 1.54) is 26.2 Å². The van der Waals surface area contributed by atoms with Gasteiger partial charge in [-0.3, -0.25) is 9.69 Å². The second kappa shape index (κ2) is 9.50. The second-order valence-electron chi connectivity index (χ2n) is 8.41. The van der Waals surface area contributed by atoms with Crippen molar-refractivity contribution in [1.29, 1.82) is 0 Å². The van der Waals surface area contributed by atoms with Gasteiger partial charge in [-0.1, -0.05) is 41.2 Å². The molecule has 5 rings (SSSR count). The lowest BCUT2D eigenvalue weighted by molar-refractivity contribution is 0.180. The zero-order valence-corrected chi connectivity index (χ0v) is 21.1. The largest absolute Gasteiger partial charge is 0.497 e. The molecule has 1 fully saturated rings. The lowest BCUT2D eigenvalue weighted by Gasteiger charge is -2.33. The number of aryl methyl sites for hydroxylation is 1. The Kier molecular flexibility index (Phi) is 6.41. The summed E-state index contributed by atoms with van der Waals surface area (Å²) in [5.41, 5.74) is 2.28. The van der Waals surface area contributed by atoms with E-state index in [2.05, 4.69) is 15.0 Å². The number of piperazine rings is 1. The summed E-state index contributed by atoms with van der Waals surface area (Å²) in [5, 5.41) is 5.12. The first kappa shape index (κ1) is 23.6. The van der Waals surface area contributed by atoms with Gasteiger partial charge in [0.05, 0.1) is 17.7 Å². The molecule has 1 saturated heterocycles. The first-order valence-electron chi connectivity index (χ1n) is 11.2. The molecule has 0 unspecified atom stereocenters. The van der Waals surface area contributed by atoms with E-state index in [9.17, 15) is 13.2 Å². The van der Waals surface area contributed by atoms with Gasteiger partial charge >= 0.3 is 0 Å². The van der Waals surface area contributed by atoms with Gasteiger partial charge < -0.3 is 4.74 Å². The fourth-order valence-electron chi connectivity index (χ4n) is 4.03. The molecule has 9 nitrogen and oxygen atoms in total. The van der Waals surface area contributed by atoms with Crippen LogP contribution in [0.5, 0.6) is 5.75 Å². The average molecular weight is 512 g/mol. The van der Waals surface area contributed by atoms with E-state index in [0.29, 0.717) is 59.0 Å². The summed E-state index contributed by atoms with van der Waals surface area (Å²) in [6.45, 7) is 4.29. The number of benzene rings is 2. The van der Waals surface area contributed by atoms with Gasteiger partial charge in [-0.2, -0.15) is 13.9 Å². The summed E-state index contributed by atoms with van der Waals surface area (Å²) in [4.78, 5) is 20.3. The Hall–Kier alpha value is -3.12. The molecule has 2 aromatic carbocycles. The fourth-order valence-corrected chi connectivity index (χ4v) is 6.37. The number of hydrogen-bond donors (Lipinski definition) is 0. The van der Waals surface area contributed by atoms with Crippen molar-refractivity contribution < 1.29 is 13.2 Å². The molecule has 0 spiro atoms. The summed E-state index contributed by atoms with van der Waals surface area (Å²) in [6.07, 6.45) is 0. The minimum absolute atomic E-state index is 0.240. The van der Waals surface area contributed by atoms with Crippen LogP contribution in [0.25, 0.3) is 15.5 Å². The number of hydrogen-bond acceptors (Lipinski definition) is 8. The predicted octanol–water partition coefficient (Wildman–Crippen LogP) is 2.64. The molecule has 1 aliphatic rings. The zero-order valence-electron chi connectivity index (χ0n) is 19.4. The zero-order chi connectivity index (χ0) is 24.6. The molecule has 3 heterocycles. The normalized spacial score (nSPS) is 15.5. The molecule has 1 aliphatic heterocycles. The van der Waals surface area contributed by atoms with Gasteiger partial charge in [0.2, 0.25) is 15.0 Å². The highest BCUT2D eigenvalue weighted by molar-refractivity contribution is 7.89. The molecule has 0 radical (unpaired) electrons. The van der Waals surface area contributed by atoms with E-state index < -0.39 is 10.0 Å². The van der Waals surface area contributed by atoms with Crippen molar-refractivity contribution in [2.75, 3.05) is 33.3 Å². The van der Waals surface area contributed by atoms with E-state index in [0.717, 1.165) is 11.1 Å². The van der Waals surface area contributed by atoms with Crippen molar-refractivity contribution in [1.82, 2.24) is 23.8 Å². The van der Waals surface area contributed by atoms with Crippen LogP contribution in [0.4, 0.5) is 0 Å². The number of sulfonamides is 1. The summed E-state index contributed by atoms with van der Waals surface area (Å²) in [6, 6.07) is 15.9. The highest BCUT2D eigenvalue weighted by Gasteiger charge is 2.28. The van der Waals surface area contributed by atoms with Crippen molar-refractivity contribution in [3.63, 3.8) is 0 Å². The van der Waals surface area contributed by atoms with Gasteiger partial charge in [0.1, 0.15) is 10.8 Å². The second-order valence-corrected chi connectivity index (χ2v) is 11.3. The van der Waals surface area contributed by atoms with E-state index in [4.69, 9.17) is 4.74 Å². The molecule has 0 atom stereocenters. The van der Waals surface area contributed by atoms with Crippen LogP contribution in [0.2, 0.25) is 0 Å². The molecule has 0 amide bonds. The van der Waals surface area contributed by atoms with Crippen LogP contribution in [0, 0.1) is 6.92 Å². The first-order chi connectivity index (χ1) is 16.8. The summed E-state index contributed by atoms with van der Waals surface area (Å²) in [7, 11) is -1.91. The third-order valence-corrected chi connectivity index (χ3v) is 8.86. The number of rotatable bonds is 6. The van der Waals surface area contributed by atoms with Gasteiger partial charge in [-0.25, -0.2) is 13.4 Å². The Morgan fingerprint density at radius 1 is 1.03 bits per heavy atom. The Labute approximate surface area is 207 Å². The highest BCUT2D eigenvalue weighted by Crippen LogP contribution is 2.27. The van der Waals surface area contributed by atoms with Gasteiger partial charge in [0.15, 0.2) is 0 Å². The molecule has 182 valence electrons. The highest BCUT2D eigenvalue weighted by atomic mass is 32.2. The summed E-state index contributed by atoms with van der Waals surface area (Å²) < 4.78 is 34.0. The number of fused-ring (bicyclic) bond motifs is 1.